The van der Waals surface area contributed by atoms with Crippen LogP contribution in [0.4, 0.5) is 0 Å². The fraction of sp³-hybridized carbons (Fsp3) is 0.182. The summed E-state index contributed by atoms with van der Waals surface area (Å²) in [4.78, 5) is 10.8. The highest BCUT2D eigenvalue weighted by atomic mass is 16.5. The van der Waals surface area contributed by atoms with E-state index in [2.05, 4.69) is 0 Å². The van der Waals surface area contributed by atoms with Gasteiger partial charge in [0.2, 0.25) is 5.76 Å². The molecule has 4 nitrogen and oxygen atoms in total. The van der Waals surface area contributed by atoms with Crippen molar-refractivity contribution in [1.82, 2.24) is 0 Å². The predicted molar refractivity (Wildman–Crippen MR) is 54.5 cm³/mol. The monoisotopic (exact) mass is 206 g/mol. The van der Waals surface area contributed by atoms with E-state index in [1.54, 1.807) is 32.2 Å². The Bertz CT molecular complexity index is 525. The standard InChI is InChI=1S/C11H10O4/c1-6-8-5-7(14-2)3-4-9(8)15-10(6)11(12)13/h3-5H,1-2H3,(H,12,13). The third-order valence-electron chi connectivity index (χ3n) is 2.34. The van der Waals surface area contributed by atoms with Gasteiger partial charge in [-0.05, 0) is 25.1 Å². The molecule has 0 saturated carbocycles. The molecule has 0 unspecified atom stereocenters. The summed E-state index contributed by atoms with van der Waals surface area (Å²) in [6.45, 7) is 1.72. The summed E-state index contributed by atoms with van der Waals surface area (Å²) in [6.07, 6.45) is 0. The molecule has 0 saturated heterocycles. The molecule has 1 aromatic heterocycles. The molecule has 0 spiro atoms. The Hall–Kier alpha value is -1.97. The SMILES string of the molecule is COc1ccc2oc(C(=O)O)c(C)c2c1. The molecule has 2 rings (SSSR count). The third-order valence-corrected chi connectivity index (χ3v) is 2.34. The van der Waals surface area contributed by atoms with Crippen molar-refractivity contribution in [2.75, 3.05) is 7.11 Å². The first-order valence-corrected chi connectivity index (χ1v) is 4.44. The average molecular weight is 206 g/mol. The maximum Gasteiger partial charge on any atom is 0.372 e. The van der Waals surface area contributed by atoms with E-state index in [1.165, 1.54) is 0 Å². The van der Waals surface area contributed by atoms with Gasteiger partial charge in [-0.15, -0.1) is 0 Å². The van der Waals surface area contributed by atoms with Crippen molar-refractivity contribution in [1.29, 1.82) is 0 Å². The number of ether oxygens (including phenoxy) is 1. The molecule has 0 aliphatic rings. The van der Waals surface area contributed by atoms with Crippen LogP contribution >= 0.6 is 0 Å². The van der Waals surface area contributed by atoms with Crippen LogP contribution in [-0.4, -0.2) is 18.2 Å². The van der Waals surface area contributed by atoms with Gasteiger partial charge in [-0.2, -0.15) is 0 Å². The summed E-state index contributed by atoms with van der Waals surface area (Å²) < 4.78 is 10.3. The van der Waals surface area contributed by atoms with Crippen molar-refractivity contribution in [2.24, 2.45) is 0 Å². The highest BCUT2D eigenvalue weighted by Gasteiger charge is 2.16. The molecular weight excluding hydrogens is 196 g/mol. The Morgan fingerprint density at radius 3 is 2.80 bits per heavy atom. The van der Waals surface area contributed by atoms with Gasteiger partial charge in [0.15, 0.2) is 0 Å². The van der Waals surface area contributed by atoms with Crippen molar-refractivity contribution in [2.45, 2.75) is 6.92 Å². The molecule has 1 aromatic carbocycles. The van der Waals surface area contributed by atoms with E-state index in [4.69, 9.17) is 14.3 Å². The number of methoxy groups -OCH3 is 1. The predicted octanol–water partition coefficient (Wildman–Crippen LogP) is 2.45. The minimum absolute atomic E-state index is 0.0155. The van der Waals surface area contributed by atoms with Crippen LogP contribution in [0.1, 0.15) is 16.1 Å². The van der Waals surface area contributed by atoms with E-state index >= 15 is 0 Å². The second kappa shape index (κ2) is 3.31. The van der Waals surface area contributed by atoms with E-state index < -0.39 is 5.97 Å². The summed E-state index contributed by atoms with van der Waals surface area (Å²) in [5.41, 5.74) is 1.18. The van der Waals surface area contributed by atoms with Crippen LogP contribution in [0, 0.1) is 6.92 Å². The summed E-state index contributed by atoms with van der Waals surface area (Å²) in [7, 11) is 1.56. The number of carboxylic acid groups (broad SMARTS) is 1. The highest BCUT2D eigenvalue weighted by molar-refractivity contribution is 5.95. The first kappa shape index (κ1) is 9.58. The van der Waals surface area contributed by atoms with Gasteiger partial charge in [0, 0.05) is 10.9 Å². The largest absolute Gasteiger partial charge is 0.497 e. The molecule has 4 heteroatoms. The molecule has 1 heterocycles. The molecule has 0 amide bonds. The van der Waals surface area contributed by atoms with Crippen LogP contribution in [0.2, 0.25) is 0 Å². The van der Waals surface area contributed by atoms with Crippen molar-refractivity contribution in [3.8, 4) is 5.75 Å². The number of carbonyl (C=O) groups is 1. The average Bonchev–Trinajstić information content (AvgIpc) is 2.56. The van der Waals surface area contributed by atoms with Gasteiger partial charge in [0.1, 0.15) is 11.3 Å². The van der Waals surface area contributed by atoms with Crippen molar-refractivity contribution >= 4 is 16.9 Å². The van der Waals surface area contributed by atoms with Crippen molar-refractivity contribution in [3.05, 3.63) is 29.5 Å². The van der Waals surface area contributed by atoms with Gasteiger partial charge in [-0.25, -0.2) is 4.79 Å². The molecule has 0 aliphatic carbocycles. The Balaban J connectivity index is 2.72. The maximum atomic E-state index is 10.8. The van der Waals surface area contributed by atoms with E-state index in [-0.39, 0.29) is 5.76 Å². The maximum absolute atomic E-state index is 10.8. The Kier molecular flexibility index (Phi) is 2.11. The number of hydrogen-bond acceptors (Lipinski definition) is 3. The number of aromatic carboxylic acids is 1. The van der Waals surface area contributed by atoms with Crippen LogP contribution < -0.4 is 4.74 Å². The lowest BCUT2D eigenvalue weighted by atomic mass is 10.1. The van der Waals surface area contributed by atoms with E-state index in [0.29, 0.717) is 16.9 Å². The second-order valence-electron chi connectivity index (χ2n) is 3.22. The van der Waals surface area contributed by atoms with Gasteiger partial charge in [-0.1, -0.05) is 0 Å². The fourth-order valence-corrected chi connectivity index (χ4v) is 1.53. The molecule has 0 radical (unpaired) electrons. The van der Waals surface area contributed by atoms with Crippen LogP contribution in [0.5, 0.6) is 5.75 Å². The topological polar surface area (TPSA) is 59.7 Å². The lowest BCUT2D eigenvalue weighted by Crippen LogP contribution is -1.95. The fourth-order valence-electron chi connectivity index (χ4n) is 1.53. The van der Waals surface area contributed by atoms with Crippen LogP contribution in [0.25, 0.3) is 11.0 Å². The molecule has 0 bridgehead atoms. The lowest BCUT2D eigenvalue weighted by molar-refractivity contribution is 0.0664. The summed E-state index contributed by atoms with van der Waals surface area (Å²) in [5.74, 6) is -0.385. The number of carboxylic acids is 1. The minimum Gasteiger partial charge on any atom is -0.497 e. The van der Waals surface area contributed by atoms with Gasteiger partial charge >= 0.3 is 5.97 Å². The van der Waals surface area contributed by atoms with Crippen LogP contribution in [0.3, 0.4) is 0 Å². The van der Waals surface area contributed by atoms with Gasteiger partial charge < -0.3 is 14.3 Å². The number of rotatable bonds is 2. The number of furan rings is 1. The molecule has 2 aromatic rings. The van der Waals surface area contributed by atoms with Gasteiger partial charge in [0.05, 0.1) is 7.11 Å². The smallest absolute Gasteiger partial charge is 0.372 e. The normalized spacial score (nSPS) is 10.5. The molecule has 15 heavy (non-hydrogen) atoms. The lowest BCUT2D eigenvalue weighted by Gasteiger charge is -1.97. The third kappa shape index (κ3) is 1.44. The molecular formula is C11H10O4. The Morgan fingerprint density at radius 1 is 1.47 bits per heavy atom. The zero-order chi connectivity index (χ0) is 11.0. The summed E-state index contributed by atoms with van der Waals surface area (Å²) in [6, 6.07) is 5.20. The van der Waals surface area contributed by atoms with Crippen molar-refractivity contribution < 1.29 is 19.1 Å². The Labute approximate surface area is 86.1 Å². The first-order chi connectivity index (χ1) is 7.13. The second-order valence-corrected chi connectivity index (χ2v) is 3.22. The highest BCUT2D eigenvalue weighted by Crippen LogP contribution is 2.28. The molecule has 0 aliphatic heterocycles. The molecule has 0 atom stereocenters. The van der Waals surface area contributed by atoms with Gasteiger partial charge in [-0.3, -0.25) is 0 Å². The number of benzene rings is 1. The quantitative estimate of drug-likeness (QED) is 0.819. The van der Waals surface area contributed by atoms with E-state index in [9.17, 15) is 4.79 Å². The van der Waals surface area contributed by atoms with E-state index in [0.717, 1.165) is 5.39 Å². The minimum atomic E-state index is -1.05. The first-order valence-electron chi connectivity index (χ1n) is 4.44. The molecule has 78 valence electrons. The summed E-state index contributed by atoms with van der Waals surface area (Å²) in [5, 5.41) is 9.64. The van der Waals surface area contributed by atoms with Gasteiger partial charge in [0.25, 0.3) is 0 Å². The van der Waals surface area contributed by atoms with Crippen molar-refractivity contribution in [3.63, 3.8) is 0 Å². The molecule has 1 N–H and O–H groups in total. The number of aryl methyl sites for hydroxylation is 1. The van der Waals surface area contributed by atoms with Crippen LogP contribution in [0.15, 0.2) is 22.6 Å². The molecule has 0 fully saturated rings. The zero-order valence-electron chi connectivity index (χ0n) is 8.40. The Morgan fingerprint density at radius 2 is 2.20 bits per heavy atom. The number of fused-ring (bicyclic) bond motifs is 1. The van der Waals surface area contributed by atoms with E-state index in [1.807, 2.05) is 0 Å². The zero-order valence-corrected chi connectivity index (χ0v) is 8.40. The number of hydrogen-bond donors (Lipinski definition) is 1. The summed E-state index contributed by atoms with van der Waals surface area (Å²) >= 11 is 0. The van der Waals surface area contributed by atoms with Crippen LogP contribution in [-0.2, 0) is 0 Å².